The highest BCUT2D eigenvalue weighted by atomic mass is 16.5. The third-order valence-electron chi connectivity index (χ3n) is 4.94. The van der Waals surface area contributed by atoms with E-state index in [0.29, 0.717) is 5.92 Å². The first-order valence-corrected chi connectivity index (χ1v) is 10.1. The van der Waals surface area contributed by atoms with Crippen LogP contribution in [0.2, 0.25) is 0 Å². The first kappa shape index (κ1) is 22.4. The van der Waals surface area contributed by atoms with Crippen LogP contribution in [-0.4, -0.2) is 12.2 Å². The van der Waals surface area contributed by atoms with E-state index in [1.54, 1.807) is 0 Å². The first-order valence-electron chi connectivity index (χ1n) is 10.1. The van der Waals surface area contributed by atoms with Gasteiger partial charge < -0.3 is 4.74 Å². The molecule has 136 valence electrons. The van der Waals surface area contributed by atoms with Gasteiger partial charge in [-0.3, -0.25) is 0 Å². The van der Waals surface area contributed by atoms with E-state index >= 15 is 0 Å². The fraction of sp³-hybridized carbons (Fsp3) is 0.818. The van der Waals surface area contributed by atoms with Gasteiger partial charge in [0, 0.05) is 6.61 Å². The molecule has 0 rings (SSSR count). The maximum absolute atomic E-state index is 6.29. The molecule has 0 amide bonds. The first-order chi connectivity index (χ1) is 11.2. The van der Waals surface area contributed by atoms with E-state index in [-0.39, 0.29) is 5.60 Å². The predicted octanol–water partition coefficient (Wildman–Crippen LogP) is 7.47. The number of hydrogen-bond acceptors (Lipinski definition) is 1. The van der Waals surface area contributed by atoms with Crippen molar-refractivity contribution in [1.82, 2.24) is 0 Å². The lowest BCUT2D eigenvalue weighted by Crippen LogP contribution is -2.37. The van der Waals surface area contributed by atoms with Crippen molar-refractivity contribution >= 4 is 0 Å². The summed E-state index contributed by atoms with van der Waals surface area (Å²) in [6.45, 7) is 15.7. The molecule has 0 aliphatic heterocycles. The van der Waals surface area contributed by atoms with Gasteiger partial charge in [-0.25, -0.2) is 0 Å². The molecular weight excluding hydrogens is 280 g/mol. The van der Waals surface area contributed by atoms with Crippen LogP contribution in [-0.2, 0) is 4.74 Å². The highest BCUT2D eigenvalue weighted by Crippen LogP contribution is 2.34. The highest BCUT2D eigenvalue weighted by Gasteiger charge is 2.33. The van der Waals surface area contributed by atoms with E-state index in [2.05, 4.69) is 33.9 Å². The maximum atomic E-state index is 6.29. The number of ether oxygens (including phenoxy) is 1. The van der Waals surface area contributed by atoms with Gasteiger partial charge in [0.1, 0.15) is 5.60 Å². The molecule has 1 atom stereocenters. The Morgan fingerprint density at radius 2 is 1.26 bits per heavy atom. The predicted molar refractivity (Wildman–Crippen MR) is 105 cm³/mol. The van der Waals surface area contributed by atoms with E-state index < -0.39 is 0 Å². The average molecular weight is 323 g/mol. The molecule has 0 N–H and O–H groups in total. The molecule has 0 saturated heterocycles. The summed E-state index contributed by atoms with van der Waals surface area (Å²) in [6.07, 6.45) is 19.4. The Bertz CT molecular complexity index is 274. The summed E-state index contributed by atoms with van der Waals surface area (Å²) in [5.41, 5.74) is -0.326. The summed E-state index contributed by atoms with van der Waals surface area (Å²) in [5, 5.41) is 0. The van der Waals surface area contributed by atoms with E-state index in [1.165, 1.54) is 70.6 Å². The van der Waals surface area contributed by atoms with Crippen molar-refractivity contribution in [3.63, 3.8) is 0 Å². The fourth-order valence-corrected chi connectivity index (χ4v) is 3.26. The fourth-order valence-electron chi connectivity index (χ4n) is 3.26. The lowest BCUT2D eigenvalue weighted by Gasteiger charge is -2.36. The van der Waals surface area contributed by atoms with Crippen LogP contribution >= 0.6 is 0 Å². The molecule has 0 heterocycles. The van der Waals surface area contributed by atoms with Crippen LogP contribution in [0.3, 0.4) is 0 Å². The van der Waals surface area contributed by atoms with Crippen LogP contribution < -0.4 is 0 Å². The third-order valence-corrected chi connectivity index (χ3v) is 4.94. The van der Waals surface area contributed by atoms with Crippen LogP contribution in [0.5, 0.6) is 0 Å². The van der Waals surface area contributed by atoms with Gasteiger partial charge in [0.15, 0.2) is 0 Å². The number of rotatable bonds is 17. The van der Waals surface area contributed by atoms with Crippen LogP contribution in [0.15, 0.2) is 25.3 Å². The van der Waals surface area contributed by atoms with Crippen LogP contribution in [0, 0.1) is 5.92 Å². The smallest absolute Gasteiger partial charge is 0.107 e. The molecule has 0 aromatic rings. The van der Waals surface area contributed by atoms with Crippen molar-refractivity contribution in [3.8, 4) is 0 Å². The molecule has 0 bridgehead atoms. The quantitative estimate of drug-likeness (QED) is 0.199. The Hall–Kier alpha value is -0.560. The topological polar surface area (TPSA) is 9.23 Å². The summed E-state index contributed by atoms with van der Waals surface area (Å²) in [4.78, 5) is 0. The van der Waals surface area contributed by atoms with Crippen molar-refractivity contribution in [3.05, 3.63) is 25.3 Å². The molecule has 0 aromatic heterocycles. The SMILES string of the molecule is C=CC(C=C)(OCCCC)C(CCCC)CCCCCCCC. The van der Waals surface area contributed by atoms with Gasteiger partial charge in [0.25, 0.3) is 0 Å². The monoisotopic (exact) mass is 322 g/mol. The lowest BCUT2D eigenvalue weighted by molar-refractivity contribution is -0.0226. The van der Waals surface area contributed by atoms with Gasteiger partial charge in [0.2, 0.25) is 0 Å². The maximum Gasteiger partial charge on any atom is 0.107 e. The molecule has 1 unspecified atom stereocenters. The number of unbranched alkanes of at least 4 members (excludes halogenated alkanes) is 7. The minimum absolute atomic E-state index is 0.326. The van der Waals surface area contributed by atoms with Crippen LogP contribution in [0.25, 0.3) is 0 Å². The Morgan fingerprint density at radius 1 is 0.739 bits per heavy atom. The van der Waals surface area contributed by atoms with E-state index in [9.17, 15) is 0 Å². The minimum Gasteiger partial charge on any atom is -0.367 e. The zero-order valence-corrected chi connectivity index (χ0v) is 16.2. The second-order valence-electron chi connectivity index (χ2n) is 6.86. The second kappa shape index (κ2) is 15.0. The average Bonchev–Trinajstić information content (AvgIpc) is 2.58. The van der Waals surface area contributed by atoms with Crippen molar-refractivity contribution in [2.24, 2.45) is 5.92 Å². The summed E-state index contributed by atoms with van der Waals surface area (Å²) in [7, 11) is 0. The van der Waals surface area contributed by atoms with Gasteiger partial charge in [-0.2, -0.15) is 0 Å². The molecular formula is C22H42O. The molecule has 0 aromatic carbocycles. The summed E-state index contributed by atoms with van der Waals surface area (Å²) in [6, 6.07) is 0. The molecule has 23 heavy (non-hydrogen) atoms. The van der Waals surface area contributed by atoms with Crippen LogP contribution in [0.1, 0.15) is 97.8 Å². The molecule has 0 aliphatic carbocycles. The van der Waals surface area contributed by atoms with Gasteiger partial charge in [-0.15, -0.1) is 0 Å². The number of hydrogen-bond donors (Lipinski definition) is 0. The Morgan fingerprint density at radius 3 is 1.83 bits per heavy atom. The van der Waals surface area contributed by atoms with Crippen molar-refractivity contribution in [2.45, 2.75) is 103 Å². The third kappa shape index (κ3) is 9.35. The zero-order valence-electron chi connectivity index (χ0n) is 16.2. The zero-order chi connectivity index (χ0) is 17.4. The molecule has 0 saturated carbocycles. The lowest BCUT2D eigenvalue weighted by atomic mass is 9.79. The molecule has 0 spiro atoms. The van der Waals surface area contributed by atoms with Gasteiger partial charge >= 0.3 is 0 Å². The highest BCUT2D eigenvalue weighted by molar-refractivity contribution is 5.13. The van der Waals surface area contributed by atoms with Gasteiger partial charge in [0.05, 0.1) is 0 Å². The van der Waals surface area contributed by atoms with E-state index in [4.69, 9.17) is 4.74 Å². The molecule has 0 radical (unpaired) electrons. The normalized spacial score (nSPS) is 13.0. The van der Waals surface area contributed by atoms with E-state index in [0.717, 1.165) is 13.0 Å². The molecule has 0 fully saturated rings. The molecule has 0 aliphatic rings. The Labute approximate surface area is 146 Å². The van der Waals surface area contributed by atoms with Gasteiger partial charge in [-0.1, -0.05) is 104 Å². The summed E-state index contributed by atoms with van der Waals surface area (Å²) >= 11 is 0. The standard InChI is InChI=1S/C22H42O/c1-6-11-14-15-16-17-19-21(18-12-7-2)22(9-4,10-5)23-20-13-8-3/h9-10,21H,4-8,11-20H2,1-3H3. The minimum atomic E-state index is -0.326. The van der Waals surface area contributed by atoms with Crippen molar-refractivity contribution in [2.75, 3.05) is 6.61 Å². The van der Waals surface area contributed by atoms with E-state index in [1.807, 2.05) is 12.2 Å². The van der Waals surface area contributed by atoms with Gasteiger partial charge in [-0.05, 0) is 25.2 Å². The van der Waals surface area contributed by atoms with Crippen molar-refractivity contribution < 1.29 is 4.74 Å². The molecule has 1 nitrogen and oxygen atoms in total. The second-order valence-corrected chi connectivity index (χ2v) is 6.86. The summed E-state index contributed by atoms with van der Waals surface area (Å²) in [5.74, 6) is 0.528. The summed E-state index contributed by atoms with van der Waals surface area (Å²) < 4.78 is 6.29. The van der Waals surface area contributed by atoms with Crippen LogP contribution in [0.4, 0.5) is 0 Å². The largest absolute Gasteiger partial charge is 0.367 e. The van der Waals surface area contributed by atoms with Crippen molar-refractivity contribution in [1.29, 1.82) is 0 Å². The Kier molecular flexibility index (Phi) is 14.6. The molecule has 1 heteroatoms. The Balaban J connectivity index is 4.58.